The number of thiazole rings is 1. The molecule has 0 saturated heterocycles. The van der Waals surface area contributed by atoms with Crippen molar-refractivity contribution < 1.29 is 5.11 Å². The minimum absolute atomic E-state index is 0.0461. The highest BCUT2D eigenvalue weighted by atomic mass is 32.2. The number of rotatable bonds is 1. The van der Waals surface area contributed by atoms with Crippen molar-refractivity contribution in [1.29, 1.82) is 0 Å². The highest BCUT2D eigenvalue weighted by Crippen LogP contribution is 2.43. The maximum absolute atomic E-state index is 9.08. The van der Waals surface area contributed by atoms with Crippen molar-refractivity contribution >= 4 is 23.1 Å². The second kappa shape index (κ2) is 3.63. The molecule has 0 amide bonds. The minimum atomic E-state index is 0.0461. The summed E-state index contributed by atoms with van der Waals surface area (Å²) in [7, 11) is 0. The van der Waals surface area contributed by atoms with Gasteiger partial charge in [0.15, 0.2) is 0 Å². The topological polar surface area (TPSA) is 33.1 Å². The van der Waals surface area contributed by atoms with Crippen molar-refractivity contribution in [2.75, 3.05) is 0 Å². The van der Waals surface area contributed by atoms with Crippen LogP contribution < -0.4 is 0 Å². The van der Waals surface area contributed by atoms with Crippen LogP contribution in [0.5, 0.6) is 0 Å². The van der Waals surface area contributed by atoms with Gasteiger partial charge in [-0.1, -0.05) is 18.2 Å². The van der Waals surface area contributed by atoms with Crippen LogP contribution in [0.3, 0.4) is 0 Å². The minimum Gasteiger partial charge on any atom is -0.389 e. The quantitative estimate of drug-likeness (QED) is 0.825. The summed E-state index contributed by atoms with van der Waals surface area (Å²) in [5, 5.41) is 9.89. The zero-order valence-electron chi connectivity index (χ0n) is 7.93. The SMILES string of the molecule is OCc1nc2c(s1)CSc1ccccc1-2. The first-order valence-corrected chi connectivity index (χ1v) is 6.50. The number of fused-ring (bicyclic) bond motifs is 3. The van der Waals surface area contributed by atoms with Crippen molar-refractivity contribution in [1.82, 2.24) is 4.98 Å². The van der Waals surface area contributed by atoms with Gasteiger partial charge in [-0.2, -0.15) is 0 Å². The van der Waals surface area contributed by atoms with Gasteiger partial charge in [-0.25, -0.2) is 4.98 Å². The van der Waals surface area contributed by atoms with Crippen LogP contribution in [0.2, 0.25) is 0 Å². The molecular formula is C11H9NOS2. The second-order valence-corrected chi connectivity index (χ2v) is 5.51. The van der Waals surface area contributed by atoms with Gasteiger partial charge in [0.25, 0.3) is 0 Å². The Morgan fingerprint density at radius 1 is 1.33 bits per heavy atom. The third-order valence-corrected chi connectivity index (χ3v) is 4.70. The van der Waals surface area contributed by atoms with Gasteiger partial charge in [-0.15, -0.1) is 23.1 Å². The Balaban J connectivity index is 2.20. The molecule has 0 fully saturated rings. The fourth-order valence-corrected chi connectivity index (χ4v) is 3.78. The molecule has 0 atom stereocenters. The van der Waals surface area contributed by atoms with Crippen LogP contribution in [0, 0.1) is 0 Å². The van der Waals surface area contributed by atoms with Crippen LogP contribution in [0.25, 0.3) is 11.3 Å². The van der Waals surface area contributed by atoms with E-state index in [1.807, 2.05) is 17.8 Å². The molecule has 76 valence electrons. The Kier molecular flexibility index (Phi) is 2.27. The van der Waals surface area contributed by atoms with Crippen LogP contribution in [0.15, 0.2) is 29.2 Å². The number of hydrogen-bond donors (Lipinski definition) is 1. The Morgan fingerprint density at radius 3 is 3.07 bits per heavy atom. The number of thioether (sulfide) groups is 1. The molecule has 3 rings (SSSR count). The molecule has 0 radical (unpaired) electrons. The number of aliphatic hydroxyl groups is 1. The molecule has 0 unspecified atom stereocenters. The molecule has 2 nitrogen and oxygen atoms in total. The largest absolute Gasteiger partial charge is 0.389 e. The molecule has 1 aliphatic heterocycles. The summed E-state index contributed by atoms with van der Waals surface area (Å²) in [6, 6.07) is 8.31. The molecule has 4 heteroatoms. The van der Waals surface area contributed by atoms with Gasteiger partial charge in [-0.05, 0) is 6.07 Å². The van der Waals surface area contributed by atoms with Crippen LogP contribution in [0.1, 0.15) is 9.88 Å². The number of aliphatic hydroxyl groups excluding tert-OH is 1. The highest BCUT2D eigenvalue weighted by molar-refractivity contribution is 7.98. The van der Waals surface area contributed by atoms with Crippen LogP contribution in [-0.2, 0) is 12.4 Å². The average molecular weight is 235 g/mol. The third-order valence-electron chi connectivity index (χ3n) is 2.38. The average Bonchev–Trinajstić information content (AvgIpc) is 2.72. The van der Waals surface area contributed by atoms with E-state index in [9.17, 15) is 0 Å². The molecular weight excluding hydrogens is 226 g/mol. The lowest BCUT2D eigenvalue weighted by Gasteiger charge is -2.13. The van der Waals surface area contributed by atoms with E-state index >= 15 is 0 Å². The van der Waals surface area contributed by atoms with Gasteiger partial charge in [0.2, 0.25) is 0 Å². The first-order chi connectivity index (χ1) is 7.38. The maximum atomic E-state index is 9.08. The van der Waals surface area contributed by atoms with Crippen molar-refractivity contribution in [2.24, 2.45) is 0 Å². The Bertz CT molecular complexity index is 507. The third kappa shape index (κ3) is 1.49. The zero-order chi connectivity index (χ0) is 10.3. The van der Waals surface area contributed by atoms with E-state index in [4.69, 9.17) is 5.11 Å². The number of hydrogen-bond acceptors (Lipinski definition) is 4. The number of benzene rings is 1. The zero-order valence-corrected chi connectivity index (χ0v) is 9.57. The van der Waals surface area contributed by atoms with Gasteiger partial charge in [-0.3, -0.25) is 0 Å². The molecule has 1 aliphatic rings. The lowest BCUT2D eigenvalue weighted by atomic mass is 10.1. The predicted molar refractivity (Wildman–Crippen MR) is 63.0 cm³/mol. The summed E-state index contributed by atoms with van der Waals surface area (Å²) >= 11 is 3.46. The van der Waals surface area contributed by atoms with Crippen molar-refractivity contribution in [3.05, 3.63) is 34.2 Å². The summed E-state index contributed by atoms with van der Waals surface area (Å²) < 4.78 is 0. The number of nitrogens with zero attached hydrogens (tertiary/aromatic N) is 1. The van der Waals surface area contributed by atoms with E-state index in [0.717, 1.165) is 16.5 Å². The summed E-state index contributed by atoms with van der Waals surface area (Å²) in [6.45, 7) is 0.0461. The summed E-state index contributed by atoms with van der Waals surface area (Å²) in [6.07, 6.45) is 0. The number of aromatic nitrogens is 1. The first-order valence-electron chi connectivity index (χ1n) is 4.70. The molecule has 0 spiro atoms. The lowest BCUT2D eigenvalue weighted by molar-refractivity contribution is 0.281. The molecule has 1 aromatic carbocycles. The van der Waals surface area contributed by atoms with Crippen molar-refractivity contribution in [2.45, 2.75) is 17.3 Å². The van der Waals surface area contributed by atoms with E-state index in [1.54, 1.807) is 11.3 Å². The molecule has 1 aromatic heterocycles. The summed E-state index contributed by atoms with van der Waals surface area (Å²) in [4.78, 5) is 7.04. The second-order valence-electron chi connectivity index (χ2n) is 3.32. The van der Waals surface area contributed by atoms with E-state index in [-0.39, 0.29) is 6.61 Å². The Hall–Kier alpha value is -0.840. The first kappa shape index (κ1) is 9.39. The summed E-state index contributed by atoms with van der Waals surface area (Å²) in [5.41, 5.74) is 2.28. The molecule has 0 aliphatic carbocycles. The van der Waals surface area contributed by atoms with E-state index in [0.29, 0.717) is 0 Å². The van der Waals surface area contributed by atoms with Gasteiger partial charge in [0.05, 0.1) is 12.3 Å². The van der Waals surface area contributed by atoms with Gasteiger partial charge < -0.3 is 5.11 Å². The van der Waals surface area contributed by atoms with Gasteiger partial charge >= 0.3 is 0 Å². The molecule has 0 bridgehead atoms. The fraction of sp³-hybridized carbons (Fsp3) is 0.182. The normalized spacial score (nSPS) is 13.4. The lowest BCUT2D eigenvalue weighted by Crippen LogP contribution is -1.92. The Morgan fingerprint density at radius 2 is 2.20 bits per heavy atom. The molecule has 0 saturated carbocycles. The van der Waals surface area contributed by atoms with E-state index in [1.165, 1.54) is 15.3 Å². The van der Waals surface area contributed by atoms with E-state index in [2.05, 4.69) is 23.2 Å². The standard InChI is InChI=1S/C11H9NOS2/c13-5-10-12-11-7-3-1-2-4-8(7)14-6-9(11)15-10/h1-4,13H,5-6H2. The van der Waals surface area contributed by atoms with Gasteiger partial charge in [0, 0.05) is 21.1 Å². The molecule has 2 aromatic rings. The molecule has 1 N–H and O–H groups in total. The highest BCUT2D eigenvalue weighted by Gasteiger charge is 2.20. The van der Waals surface area contributed by atoms with E-state index < -0.39 is 0 Å². The van der Waals surface area contributed by atoms with Crippen molar-refractivity contribution in [3.8, 4) is 11.3 Å². The monoisotopic (exact) mass is 235 g/mol. The fourth-order valence-electron chi connectivity index (χ4n) is 1.71. The van der Waals surface area contributed by atoms with Crippen LogP contribution in [-0.4, -0.2) is 10.1 Å². The molecule has 2 heterocycles. The van der Waals surface area contributed by atoms with Crippen molar-refractivity contribution in [3.63, 3.8) is 0 Å². The predicted octanol–water partition coefficient (Wildman–Crippen LogP) is 2.91. The smallest absolute Gasteiger partial charge is 0.119 e. The van der Waals surface area contributed by atoms with Crippen LogP contribution in [0.4, 0.5) is 0 Å². The maximum Gasteiger partial charge on any atom is 0.119 e. The summed E-state index contributed by atoms with van der Waals surface area (Å²) in [5.74, 6) is 0.976. The Labute approximate surface area is 96.0 Å². The molecule has 15 heavy (non-hydrogen) atoms. The van der Waals surface area contributed by atoms with Gasteiger partial charge in [0.1, 0.15) is 5.01 Å². The van der Waals surface area contributed by atoms with Crippen LogP contribution >= 0.6 is 23.1 Å².